The summed E-state index contributed by atoms with van der Waals surface area (Å²) in [5.74, 6) is 0.987. The molecule has 0 bridgehead atoms. The van der Waals surface area contributed by atoms with Gasteiger partial charge in [-0.05, 0) is 36.5 Å². The Kier molecular flexibility index (Phi) is 4.90. The lowest BCUT2D eigenvalue weighted by Crippen LogP contribution is -1.99. The van der Waals surface area contributed by atoms with E-state index in [0.717, 1.165) is 0 Å². The molecule has 0 saturated carbocycles. The van der Waals surface area contributed by atoms with Crippen molar-refractivity contribution in [2.24, 2.45) is 5.10 Å². The molecule has 1 aromatic heterocycles. The number of benzene rings is 2. The van der Waals surface area contributed by atoms with Gasteiger partial charge >= 0.3 is 0 Å². The number of aromatic amines is 1. The quantitative estimate of drug-likeness (QED) is 0.559. The van der Waals surface area contributed by atoms with E-state index in [0.29, 0.717) is 22.6 Å². The van der Waals surface area contributed by atoms with Crippen LogP contribution in [0.5, 0.6) is 11.5 Å². The molecule has 1 heterocycles. The molecule has 6 nitrogen and oxygen atoms in total. The Bertz CT molecular complexity index is 981. The van der Waals surface area contributed by atoms with Gasteiger partial charge in [0.15, 0.2) is 17.3 Å². The van der Waals surface area contributed by atoms with E-state index in [4.69, 9.17) is 21.7 Å². The molecule has 3 aromatic rings. The number of nitrogens with one attached hydrogen (secondary N) is 1. The zero-order valence-electron chi connectivity index (χ0n) is 13.6. The third kappa shape index (κ3) is 3.29. The predicted octanol–water partition coefficient (Wildman–Crippen LogP) is 3.65. The van der Waals surface area contributed by atoms with E-state index in [1.807, 2.05) is 12.1 Å². The van der Waals surface area contributed by atoms with Crippen molar-refractivity contribution in [3.63, 3.8) is 0 Å². The zero-order valence-corrected chi connectivity index (χ0v) is 14.4. The summed E-state index contributed by atoms with van der Waals surface area (Å²) in [6.07, 6.45) is 1.55. The lowest BCUT2D eigenvalue weighted by Gasteiger charge is -2.09. The summed E-state index contributed by atoms with van der Waals surface area (Å²) in [6.45, 7) is 0. The van der Waals surface area contributed by atoms with Crippen LogP contribution in [0.4, 0.5) is 4.39 Å². The monoisotopic (exact) mass is 358 g/mol. The molecule has 0 saturated heterocycles. The summed E-state index contributed by atoms with van der Waals surface area (Å²) in [5.41, 5.74) is 0.981. The van der Waals surface area contributed by atoms with Gasteiger partial charge in [-0.2, -0.15) is 14.9 Å². The van der Waals surface area contributed by atoms with Gasteiger partial charge in [-0.25, -0.2) is 9.49 Å². The van der Waals surface area contributed by atoms with Crippen molar-refractivity contribution in [1.82, 2.24) is 14.9 Å². The van der Waals surface area contributed by atoms with Gasteiger partial charge in [-0.3, -0.25) is 0 Å². The smallest absolute Gasteiger partial charge is 0.216 e. The van der Waals surface area contributed by atoms with Gasteiger partial charge in [-0.1, -0.05) is 18.2 Å². The van der Waals surface area contributed by atoms with Gasteiger partial charge < -0.3 is 9.47 Å². The van der Waals surface area contributed by atoms with Crippen LogP contribution in [0.2, 0.25) is 0 Å². The summed E-state index contributed by atoms with van der Waals surface area (Å²) in [6, 6.07) is 11.7. The number of ether oxygens (including phenoxy) is 2. The maximum Gasteiger partial charge on any atom is 0.216 e. The van der Waals surface area contributed by atoms with E-state index in [1.165, 1.54) is 10.7 Å². The molecule has 0 radical (unpaired) electrons. The van der Waals surface area contributed by atoms with E-state index in [9.17, 15) is 4.39 Å². The number of rotatable bonds is 5. The second-order valence-electron chi connectivity index (χ2n) is 4.97. The number of H-pyrrole nitrogens is 1. The Labute approximate surface area is 148 Å². The first kappa shape index (κ1) is 16.8. The van der Waals surface area contributed by atoms with Crippen LogP contribution >= 0.6 is 12.2 Å². The lowest BCUT2D eigenvalue weighted by atomic mass is 10.2. The molecule has 0 unspecified atom stereocenters. The number of halogens is 1. The second kappa shape index (κ2) is 7.27. The van der Waals surface area contributed by atoms with E-state index in [-0.39, 0.29) is 10.6 Å². The predicted molar refractivity (Wildman–Crippen MR) is 95.3 cm³/mol. The van der Waals surface area contributed by atoms with Crippen molar-refractivity contribution in [2.45, 2.75) is 0 Å². The molecule has 1 N–H and O–H groups in total. The van der Waals surface area contributed by atoms with Crippen LogP contribution in [0, 0.1) is 10.6 Å². The van der Waals surface area contributed by atoms with E-state index in [1.54, 1.807) is 44.7 Å². The number of aromatic nitrogens is 3. The van der Waals surface area contributed by atoms with Gasteiger partial charge in [0.05, 0.1) is 26.0 Å². The molecule has 0 spiro atoms. The highest BCUT2D eigenvalue weighted by molar-refractivity contribution is 7.71. The van der Waals surface area contributed by atoms with Crippen LogP contribution < -0.4 is 9.47 Å². The average Bonchev–Trinajstić information content (AvgIpc) is 3.00. The lowest BCUT2D eigenvalue weighted by molar-refractivity contribution is 0.354. The van der Waals surface area contributed by atoms with Crippen LogP contribution in [0.3, 0.4) is 0 Å². The molecule has 0 atom stereocenters. The van der Waals surface area contributed by atoms with Gasteiger partial charge in [0, 0.05) is 5.56 Å². The Morgan fingerprint density at radius 1 is 1.16 bits per heavy atom. The van der Waals surface area contributed by atoms with Gasteiger partial charge in [-0.15, -0.1) is 0 Å². The molecular weight excluding hydrogens is 343 g/mol. The van der Waals surface area contributed by atoms with Gasteiger partial charge in [0.2, 0.25) is 4.77 Å². The summed E-state index contributed by atoms with van der Waals surface area (Å²) in [4.78, 5) is 0. The zero-order chi connectivity index (χ0) is 17.8. The largest absolute Gasteiger partial charge is 0.493 e. The number of hydrogen-bond acceptors (Lipinski definition) is 5. The molecule has 0 aliphatic heterocycles. The standard InChI is InChI=1S/C17H15FN4O2S/c1-23-14-9-5-6-11(15(14)24-2)10-19-22-16(20-21-17(22)25)12-7-3-4-8-13(12)18/h3-10H,1-2H3,(H,21,25). The van der Waals surface area contributed by atoms with Crippen molar-refractivity contribution in [3.05, 3.63) is 58.6 Å². The molecule has 8 heteroatoms. The van der Waals surface area contributed by atoms with Crippen molar-refractivity contribution < 1.29 is 13.9 Å². The fourth-order valence-corrected chi connectivity index (χ4v) is 2.53. The Morgan fingerprint density at radius 3 is 2.68 bits per heavy atom. The Hall–Kier alpha value is -3.00. The first-order chi connectivity index (χ1) is 12.2. The van der Waals surface area contributed by atoms with Crippen molar-refractivity contribution >= 4 is 18.4 Å². The molecular formula is C17H15FN4O2S. The van der Waals surface area contributed by atoms with Crippen molar-refractivity contribution in [2.75, 3.05) is 14.2 Å². The fourth-order valence-electron chi connectivity index (χ4n) is 2.35. The molecule has 3 rings (SSSR count). The average molecular weight is 358 g/mol. The summed E-state index contributed by atoms with van der Waals surface area (Å²) < 4.78 is 26.3. The minimum Gasteiger partial charge on any atom is -0.493 e. The van der Waals surface area contributed by atoms with Crippen LogP contribution in [-0.2, 0) is 0 Å². The molecule has 0 aliphatic carbocycles. The number of nitrogens with zero attached hydrogens (tertiary/aromatic N) is 3. The number of methoxy groups -OCH3 is 2. The van der Waals surface area contributed by atoms with E-state index in [2.05, 4.69) is 15.3 Å². The van der Waals surface area contributed by atoms with E-state index >= 15 is 0 Å². The second-order valence-corrected chi connectivity index (χ2v) is 5.36. The first-order valence-electron chi connectivity index (χ1n) is 7.33. The normalized spacial score (nSPS) is 11.0. The maximum atomic E-state index is 14.1. The van der Waals surface area contributed by atoms with E-state index < -0.39 is 5.82 Å². The summed E-state index contributed by atoms with van der Waals surface area (Å²) >= 11 is 5.19. The molecule has 25 heavy (non-hydrogen) atoms. The Morgan fingerprint density at radius 2 is 1.96 bits per heavy atom. The highest BCUT2D eigenvalue weighted by Gasteiger charge is 2.13. The van der Waals surface area contributed by atoms with Gasteiger partial charge in [0.1, 0.15) is 5.82 Å². The summed E-state index contributed by atoms with van der Waals surface area (Å²) in [7, 11) is 3.10. The van der Waals surface area contributed by atoms with Crippen LogP contribution in [-0.4, -0.2) is 35.3 Å². The van der Waals surface area contributed by atoms with Crippen molar-refractivity contribution in [3.8, 4) is 22.9 Å². The first-order valence-corrected chi connectivity index (χ1v) is 7.74. The highest BCUT2D eigenvalue weighted by Crippen LogP contribution is 2.29. The van der Waals surface area contributed by atoms with Crippen LogP contribution in [0.25, 0.3) is 11.4 Å². The highest BCUT2D eigenvalue weighted by atomic mass is 32.1. The topological polar surface area (TPSA) is 64.4 Å². The Balaban J connectivity index is 2.06. The molecule has 0 fully saturated rings. The molecule has 0 amide bonds. The van der Waals surface area contributed by atoms with Crippen molar-refractivity contribution in [1.29, 1.82) is 0 Å². The maximum absolute atomic E-state index is 14.1. The molecule has 128 valence electrons. The number of hydrogen-bond donors (Lipinski definition) is 1. The SMILES string of the molecule is COc1cccc(C=Nn2c(-c3ccccc3F)n[nH]c2=S)c1OC. The molecule has 0 aliphatic rings. The minimum atomic E-state index is -0.410. The molecule has 2 aromatic carbocycles. The third-order valence-corrected chi connectivity index (χ3v) is 3.78. The fraction of sp³-hybridized carbons (Fsp3) is 0.118. The van der Waals surface area contributed by atoms with Crippen LogP contribution in [0.1, 0.15) is 5.56 Å². The summed E-state index contributed by atoms with van der Waals surface area (Å²) in [5, 5.41) is 11.0. The number of para-hydroxylation sites is 1. The van der Waals surface area contributed by atoms with Crippen LogP contribution in [0.15, 0.2) is 47.6 Å². The minimum absolute atomic E-state index is 0.247. The van der Waals surface area contributed by atoms with Gasteiger partial charge in [0.25, 0.3) is 0 Å². The third-order valence-electron chi connectivity index (χ3n) is 3.51.